The first kappa shape index (κ1) is 12.8. The summed E-state index contributed by atoms with van der Waals surface area (Å²) >= 11 is 3.35. The van der Waals surface area contributed by atoms with Crippen LogP contribution < -0.4 is 10.1 Å². The number of rotatable bonds is 3. The Balaban J connectivity index is 2.35. The quantitative estimate of drug-likeness (QED) is 0.880. The van der Waals surface area contributed by atoms with E-state index in [-0.39, 0.29) is 0 Å². The predicted octanol–water partition coefficient (Wildman–Crippen LogP) is 3.61. The van der Waals surface area contributed by atoms with Gasteiger partial charge in [0.15, 0.2) is 0 Å². The summed E-state index contributed by atoms with van der Waals surface area (Å²) in [6.07, 6.45) is 0. The monoisotopic (exact) mass is 307 g/mol. The maximum atomic E-state index is 5.32. The lowest BCUT2D eigenvalue weighted by molar-refractivity contribution is 0.416. The third-order valence-corrected chi connectivity index (χ3v) is 2.83. The molecule has 94 valence electrons. The molecular weight excluding hydrogens is 294 g/mol. The van der Waals surface area contributed by atoms with E-state index >= 15 is 0 Å². The van der Waals surface area contributed by atoms with Gasteiger partial charge >= 0.3 is 0 Å². The normalized spacial score (nSPS) is 10.2. The van der Waals surface area contributed by atoms with Crippen molar-refractivity contribution in [1.82, 2.24) is 9.97 Å². The standard InChI is InChI=1S/C13H14BrN3O/c1-8-4-5-11(18-3)10(6-8)17-13-7-12(14)15-9(2)16-13/h4-7H,1-3H3,(H,15,16,17). The van der Waals surface area contributed by atoms with Crippen molar-refractivity contribution in [2.45, 2.75) is 13.8 Å². The Bertz CT molecular complexity index is 552. The van der Waals surface area contributed by atoms with E-state index < -0.39 is 0 Å². The third-order valence-electron chi connectivity index (χ3n) is 2.42. The van der Waals surface area contributed by atoms with Crippen LogP contribution in [-0.2, 0) is 0 Å². The zero-order valence-corrected chi connectivity index (χ0v) is 12.1. The van der Waals surface area contributed by atoms with E-state index in [4.69, 9.17) is 4.74 Å². The minimum absolute atomic E-state index is 0.707. The Morgan fingerprint density at radius 3 is 2.61 bits per heavy atom. The topological polar surface area (TPSA) is 47.0 Å². The molecule has 0 aliphatic heterocycles. The number of aryl methyl sites for hydroxylation is 2. The molecule has 1 aromatic heterocycles. The first-order chi connectivity index (χ1) is 8.58. The van der Waals surface area contributed by atoms with Crippen LogP contribution in [0.25, 0.3) is 0 Å². The number of aromatic nitrogens is 2. The first-order valence-electron chi connectivity index (χ1n) is 5.51. The number of halogens is 1. The van der Waals surface area contributed by atoms with Crippen molar-refractivity contribution in [3.8, 4) is 5.75 Å². The predicted molar refractivity (Wildman–Crippen MR) is 75.5 cm³/mol. The van der Waals surface area contributed by atoms with E-state index in [1.165, 1.54) is 0 Å². The molecule has 18 heavy (non-hydrogen) atoms. The molecule has 1 aromatic carbocycles. The molecule has 0 aliphatic carbocycles. The number of nitrogens with one attached hydrogen (secondary N) is 1. The van der Waals surface area contributed by atoms with Crippen LogP contribution in [-0.4, -0.2) is 17.1 Å². The van der Waals surface area contributed by atoms with Crippen LogP contribution in [0.15, 0.2) is 28.9 Å². The number of nitrogens with zero attached hydrogens (tertiary/aromatic N) is 2. The molecule has 0 spiro atoms. The van der Waals surface area contributed by atoms with Gasteiger partial charge in [-0.05, 0) is 47.5 Å². The van der Waals surface area contributed by atoms with Crippen LogP contribution in [0.3, 0.4) is 0 Å². The van der Waals surface area contributed by atoms with E-state index in [1.807, 2.05) is 38.1 Å². The second-order valence-electron chi connectivity index (χ2n) is 3.95. The Kier molecular flexibility index (Phi) is 3.81. The van der Waals surface area contributed by atoms with E-state index in [0.717, 1.165) is 27.4 Å². The molecule has 0 saturated heterocycles. The van der Waals surface area contributed by atoms with Crippen LogP contribution in [0, 0.1) is 13.8 Å². The summed E-state index contributed by atoms with van der Waals surface area (Å²) in [7, 11) is 1.65. The molecule has 1 N–H and O–H groups in total. The zero-order chi connectivity index (χ0) is 13.1. The molecule has 5 heteroatoms. The molecule has 4 nitrogen and oxygen atoms in total. The van der Waals surface area contributed by atoms with Crippen LogP contribution in [0.4, 0.5) is 11.5 Å². The second-order valence-corrected chi connectivity index (χ2v) is 4.76. The highest BCUT2D eigenvalue weighted by molar-refractivity contribution is 9.10. The van der Waals surface area contributed by atoms with E-state index in [9.17, 15) is 0 Å². The van der Waals surface area contributed by atoms with Gasteiger partial charge in [-0.3, -0.25) is 0 Å². The van der Waals surface area contributed by atoms with Crippen molar-refractivity contribution in [1.29, 1.82) is 0 Å². The highest BCUT2D eigenvalue weighted by Gasteiger charge is 2.05. The molecule has 0 bridgehead atoms. The molecule has 0 atom stereocenters. The molecule has 0 radical (unpaired) electrons. The van der Waals surface area contributed by atoms with E-state index in [0.29, 0.717) is 5.82 Å². The number of methoxy groups -OCH3 is 1. The van der Waals surface area contributed by atoms with Gasteiger partial charge in [-0.1, -0.05) is 6.07 Å². The minimum atomic E-state index is 0.707. The average Bonchev–Trinajstić information content (AvgIpc) is 2.27. The largest absolute Gasteiger partial charge is 0.495 e. The first-order valence-corrected chi connectivity index (χ1v) is 6.30. The van der Waals surface area contributed by atoms with Gasteiger partial charge in [-0.25, -0.2) is 9.97 Å². The molecule has 0 aliphatic rings. The molecule has 2 rings (SSSR count). The molecule has 0 amide bonds. The van der Waals surface area contributed by atoms with Crippen molar-refractivity contribution in [2.75, 3.05) is 12.4 Å². The third kappa shape index (κ3) is 2.98. The average molecular weight is 308 g/mol. The van der Waals surface area contributed by atoms with E-state index in [1.54, 1.807) is 7.11 Å². The minimum Gasteiger partial charge on any atom is -0.495 e. The summed E-state index contributed by atoms with van der Waals surface area (Å²) in [5.74, 6) is 2.23. The van der Waals surface area contributed by atoms with Crippen molar-refractivity contribution >= 4 is 27.4 Å². The lowest BCUT2D eigenvalue weighted by Gasteiger charge is -2.11. The smallest absolute Gasteiger partial charge is 0.142 e. The Morgan fingerprint density at radius 2 is 1.94 bits per heavy atom. The fourth-order valence-corrected chi connectivity index (χ4v) is 2.13. The summed E-state index contributed by atoms with van der Waals surface area (Å²) in [5.41, 5.74) is 2.05. The van der Waals surface area contributed by atoms with Crippen molar-refractivity contribution in [2.24, 2.45) is 0 Å². The van der Waals surface area contributed by atoms with Gasteiger partial charge in [-0.15, -0.1) is 0 Å². The van der Waals surface area contributed by atoms with Gasteiger partial charge in [0, 0.05) is 6.07 Å². The van der Waals surface area contributed by atoms with Gasteiger partial charge in [0.1, 0.15) is 22.0 Å². The summed E-state index contributed by atoms with van der Waals surface area (Å²) in [6.45, 7) is 3.88. The number of hydrogen-bond donors (Lipinski definition) is 1. The Hall–Kier alpha value is -1.62. The second kappa shape index (κ2) is 5.35. The van der Waals surface area contributed by atoms with Crippen LogP contribution in [0.1, 0.15) is 11.4 Å². The number of ether oxygens (including phenoxy) is 1. The van der Waals surface area contributed by atoms with Gasteiger partial charge in [0.25, 0.3) is 0 Å². The molecular formula is C13H14BrN3O. The van der Waals surface area contributed by atoms with Gasteiger partial charge < -0.3 is 10.1 Å². The zero-order valence-electron chi connectivity index (χ0n) is 10.5. The lowest BCUT2D eigenvalue weighted by Crippen LogP contribution is -1.99. The van der Waals surface area contributed by atoms with E-state index in [2.05, 4.69) is 31.2 Å². The molecule has 0 fully saturated rings. The molecule has 1 heterocycles. The van der Waals surface area contributed by atoms with Gasteiger partial charge in [0.2, 0.25) is 0 Å². The highest BCUT2D eigenvalue weighted by Crippen LogP contribution is 2.28. The molecule has 2 aromatic rings. The van der Waals surface area contributed by atoms with Gasteiger partial charge in [-0.2, -0.15) is 0 Å². The van der Waals surface area contributed by atoms with Crippen molar-refractivity contribution in [3.63, 3.8) is 0 Å². The van der Waals surface area contributed by atoms with Crippen molar-refractivity contribution in [3.05, 3.63) is 40.3 Å². The van der Waals surface area contributed by atoms with Gasteiger partial charge in [0.05, 0.1) is 12.8 Å². The van der Waals surface area contributed by atoms with Crippen molar-refractivity contribution < 1.29 is 4.74 Å². The molecule has 0 saturated carbocycles. The summed E-state index contributed by atoms with van der Waals surface area (Å²) in [4.78, 5) is 8.50. The van der Waals surface area contributed by atoms with Crippen LogP contribution in [0.5, 0.6) is 5.75 Å². The van der Waals surface area contributed by atoms with Crippen LogP contribution >= 0.6 is 15.9 Å². The highest BCUT2D eigenvalue weighted by atomic mass is 79.9. The summed E-state index contributed by atoms with van der Waals surface area (Å²) in [6, 6.07) is 7.78. The maximum Gasteiger partial charge on any atom is 0.142 e. The SMILES string of the molecule is COc1ccc(C)cc1Nc1cc(Br)nc(C)n1. The maximum absolute atomic E-state index is 5.32. The Labute approximate surface area is 115 Å². The summed E-state index contributed by atoms with van der Waals surface area (Å²) < 4.78 is 6.07. The molecule has 0 unspecified atom stereocenters. The fourth-order valence-electron chi connectivity index (χ4n) is 1.65. The number of hydrogen-bond acceptors (Lipinski definition) is 4. The number of benzene rings is 1. The fraction of sp³-hybridized carbons (Fsp3) is 0.231. The lowest BCUT2D eigenvalue weighted by atomic mass is 10.2. The summed E-state index contributed by atoms with van der Waals surface area (Å²) in [5, 5.41) is 3.24. The number of anilines is 2. The van der Waals surface area contributed by atoms with Crippen LogP contribution in [0.2, 0.25) is 0 Å². The Morgan fingerprint density at radius 1 is 1.17 bits per heavy atom.